The van der Waals surface area contributed by atoms with E-state index in [1.165, 1.54) is 0 Å². The molecular formula is C21H20ClN3O. The Morgan fingerprint density at radius 2 is 1.85 bits per heavy atom. The quantitative estimate of drug-likeness (QED) is 0.510. The molecular weight excluding hydrogens is 346 g/mol. The van der Waals surface area contributed by atoms with Crippen LogP contribution in [-0.4, -0.2) is 29.3 Å². The van der Waals surface area contributed by atoms with Gasteiger partial charge in [0.25, 0.3) is 0 Å². The number of nitrogens with zero attached hydrogens (tertiary/aromatic N) is 3. The van der Waals surface area contributed by atoms with Crippen LogP contribution in [0.4, 0.5) is 5.69 Å². The van der Waals surface area contributed by atoms with E-state index in [0.717, 1.165) is 21.9 Å². The molecule has 0 fully saturated rings. The highest BCUT2D eigenvalue weighted by atomic mass is 35.5. The van der Waals surface area contributed by atoms with Gasteiger partial charge in [0.2, 0.25) is 0 Å². The topological polar surface area (TPSA) is 37.6 Å². The van der Waals surface area contributed by atoms with Gasteiger partial charge in [-0.15, -0.1) is 0 Å². The largest absolute Gasteiger partial charge is 0.383 e. The average Bonchev–Trinajstić information content (AvgIpc) is 2.63. The summed E-state index contributed by atoms with van der Waals surface area (Å²) in [5.74, 6) is -0.0305. The highest BCUT2D eigenvalue weighted by Gasteiger charge is 2.03. The Kier molecular flexibility index (Phi) is 5.24. The number of allylic oxidation sites excluding steroid dienone is 1. The van der Waals surface area contributed by atoms with Crippen molar-refractivity contribution in [1.82, 2.24) is 9.47 Å². The molecule has 1 heterocycles. The molecule has 0 amide bonds. The van der Waals surface area contributed by atoms with E-state index in [9.17, 15) is 4.79 Å². The number of hydrogen-bond acceptors (Lipinski definition) is 3. The highest BCUT2D eigenvalue weighted by Crippen LogP contribution is 2.18. The lowest BCUT2D eigenvalue weighted by atomic mass is 10.1. The number of aromatic nitrogens is 1. The fourth-order valence-corrected chi connectivity index (χ4v) is 2.78. The lowest BCUT2D eigenvalue weighted by Gasteiger charge is -2.06. The van der Waals surface area contributed by atoms with Gasteiger partial charge in [-0.1, -0.05) is 11.6 Å². The van der Waals surface area contributed by atoms with Crippen LogP contribution in [0.5, 0.6) is 0 Å². The van der Waals surface area contributed by atoms with Crippen molar-refractivity contribution in [3.63, 3.8) is 0 Å². The Balaban J connectivity index is 1.97. The van der Waals surface area contributed by atoms with E-state index in [-0.39, 0.29) is 5.78 Å². The van der Waals surface area contributed by atoms with Crippen molar-refractivity contribution < 1.29 is 4.79 Å². The van der Waals surface area contributed by atoms with Gasteiger partial charge in [-0.05, 0) is 48.5 Å². The number of ketones is 1. The first-order valence-electron chi connectivity index (χ1n) is 8.23. The summed E-state index contributed by atoms with van der Waals surface area (Å²) in [5, 5.41) is 2.58. The average molecular weight is 366 g/mol. The van der Waals surface area contributed by atoms with Gasteiger partial charge in [-0.25, -0.2) is 4.99 Å². The molecule has 0 aliphatic heterocycles. The maximum absolute atomic E-state index is 12.1. The molecule has 0 atom stereocenters. The number of carbonyl (C=O) groups is 1. The molecule has 0 aliphatic rings. The van der Waals surface area contributed by atoms with E-state index in [1.807, 2.05) is 73.2 Å². The molecule has 0 saturated heterocycles. The van der Waals surface area contributed by atoms with E-state index in [2.05, 4.69) is 0 Å². The first kappa shape index (κ1) is 18.0. The van der Waals surface area contributed by atoms with Crippen molar-refractivity contribution in [3.05, 3.63) is 82.9 Å². The third-order valence-electron chi connectivity index (χ3n) is 4.00. The normalized spacial score (nSPS) is 12.1. The van der Waals surface area contributed by atoms with Gasteiger partial charge in [-0.3, -0.25) is 4.79 Å². The lowest BCUT2D eigenvalue weighted by Crippen LogP contribution is -2.06. The van der Waals surface area contributed by atoms with Gasteiger partial charge in [0.1, 0.15) is 0 Å². The second-order valence-electron chi connectivity index (χ2n) is 6.28. The first-order valence-corrected chi connectivity index (χ1v) is 8.60. The Morgan fingerprint density at radius 1 is 1.12 bits per heavy atom. The Morgan fingerprint density at radius 3 is 2.54 bits per heavy atom. The Bertz CT molecular complexity index is 1050. The number of carbonyl (C=O) groups excluding carboxylic acids is 1. The molecule has 0 spiro atoms. The summed E-state index contributed by atoms with van der Waals surface area (Å²) in [4.78, 5) is 18.7. The van der Waals surface area contributed by atoms with Gasteiger partial charge in [-0.2, -0.15) is 0 Å². The number of aryl methyl sites for hydroxylation is 1. The predicted molar refractivity (Wildman–Crippen MR) is 107 cm³/mol. The summed E-state index contributed by atoms with van der Waals surface area (Å²) in [6.45, 7) is 0. The molecule has 4 nitrogen and oxygen atoms in total. The molecule has 5 heteroatoms. The minimum atomic E-state index is -0.0305. The minimum Gasteiger partial charge on any atom is -0.383 e. The molecule has 132 valence electrons. The van der Waals surface area contributed by atoms with Crippen LogP contribution >= 0.6 is 11.6 Å². The van der Waals surface area contributed by atoms with Gasteiger partial charge >= 0.3 is 0 Å². The van der Waals surface area contributed by atoms with E-state index in [0.29, 0.717) is 10.6 Å². The van der Waals surface area contributed by atoms with Crippen molar-refractivity contribution >= 4 is 34.0 Å². The second kappa shape index (κ2) is 7.58. The van der Waals surface area contributed by atoms with E-state index in [1.54, 1.807) is 24.4 Å². The monoisotopic (exact) mass is 365 g/mol. The molecule has 2 aromatic carbocycles. The SMILES string of the molecule is CN(C)/C=C/C(=O)c1ccc(N=c2ccn(C)c3cc(Cl)ccc23)cc1. The van der Waals surface area contributed by atoms with Crippen molar-refractivity contribution in [2.45, 2.75) is 0 Å². The predicted octanol–water partition coefficient (Wildman–Crippen LogP) is 4.32. The number of halogens is 1. The molecule has 0 saturated carbocycles. The van der Waals surface area contributed by atoms with Gasteiger partial charge in [0.15, 0.2) is 5.78 Å². The molecule has 0 bridgehead atoms. The fraction of sp³-hybridized carbons (Fsp3) is 0.143. The van der Waals surface area contributed by atoms with Gasteiger partial charge < -0.3 is 9.47 Å². The molecule has 1 aromatic heterocycles. The van der Waals surface area contributed by atoms with Crippen LogP contribution in [0.2, 0.25) is 5.02 Å². The summed E-state index contributed by atoms with van der Waals surface area (Å²) >= 11 is 6.11. The van der Waals surface area contributed by atoms with Gasteiger partial charge in [0, 0.05) is 55.6 Å². The zero-order valence-corrected chi connectivity index (χ0v) is 15.7. The van der Waals surface area contributed by atoms with Crippen molar-refractivity contribution in [1.29, 1.82) is 0 Å². The van der Waals surface area contributed by atoms with E-state index in [4.69, 9.17) is 16.6 Å². The lowest BCUT2D eigenvalue weighted by molar-refractivity contribution is 0.104. The third-order valence-corrected chi connectivity index (χ3v) is 4.23. The van der Waals surface area contributed by atoms with Crippen LogP contribution in [0.15, 0.2) is 72.0 Å². The van der Waals surface area contributed by atoms with Gasteiger partial charge in [0.05, 0.1) is 16.6 Å². The first-order chi connectivity index (χ1) is 12.4. The van der Waals surface area contributed by atoms with Crippen LogP contribution in [0.25, 0.3) is 10.9 Å². The third kappa shape index (κ3) is 4.03. The summed E-state index contributed by atoms with van der Waals surface area (Å²) < 4.78 is 2.01. The highest BCUT2D eigenvalue weighted by molar-refractivity contribution is 6.31. The number of benzene rings is 2. The fourth-order valence-electron chi connectivity index (χ4n) is 2.62. The number of rotatable bonds is 4. The Labute approximate surface area is 157 Å². The maximum atomic E-state index is 12.1. The van der Waals surface area contributed by atoms with Crippen LogP contribution in [0.1, 0.15) is 10.4 Å². The summed E-state index contributed by atoms with van der Waals surface area (Å²) in [6.07, 6.45) is 5.25. The molecule has 0 aliphatic carbocycles. The van der Waals surface area contributed by atoms with E-state index >= 15 is 0 Å². The van der Waals surface area contributed by atoms with Crippen molar-refractivity contribution in [2.75, 3.05) is 14.1 Å². The standard InChI is InChI=1S/C21H20ClN3O/c1-24(2)12-11-21(26)15-4-7-17(8-5-15)23-19-10-13-25(3)20-14-16(22)6-9-18(19)20/h4-14H,1-3H3/b12-11+,23-19?. The van der Waals surface area contributed by atoms with Crippen LogP contribution in [0, 0.1) is 0 Å². The molecule has 0 N–H and O–H groups in total. The Hall–Kier alpha value is -2.85. The molecule has 26 heavy (non-hydrogen) atoms. The summed E-state index contributed by atoms with van der Waals surface area (Å²) in [5.41, 5.74) is 2.45. The van der Waals surface area contributed by atoms with E-state index < -0.39 is 0 Å². The zero-order valence-electron chi connectivity index (χ0n) is 15.0. The molecule has 3 aromatic rings. The summed E-state index contributed by atoms with van der Waals surface area (Å²) in [7, 11) is 5.73. The van der Waals surface area contributed by atoms with Crippen LogP contribution < -0.4 is 5.36 Å². The van der Waals surface area contributed by atoms with Crippen LogP contribution in [-0.2, 0) is 7.05 Å². The number of pyridine rings is 1. The molecule has 0 radical (unpaired) electrons. The molecule has 3 rings (SSSR count). The second-order valence-corrected chi connectivity index (χ2v) is 6.71. The van der Waals surface area contributed by atoms with Crippen molar-refractivity contribution in [2.24, 2.45) is 12.0 Å². The van der Waals surface area contributed by atoms with Crippen LogP contribution in [0.3, 0.4) is 0 Å². The zero-order chi connectivity index (χ0) is 18.7. The van der Waals surface area contributed by atoms with Crippen molar-refractivity contribution in [3.8, 4) is 0 Å². The maximum Gasteiger partial charge on any atom is 0.187 e. The molecule has 0 unspecified atom stereocenters. The number of fused-ring (bicyclic) bond motifs is 1. The minimum absolute atomic E-state index is 0.0305. The number of hydrogen-bond donors (Lipinski definition) is 0. The smallest absolute Gasteiger partial charge is 0.187 e. The summed E-state index contributed by atoms with van der Waals surface area (Å²) in [6, 6.07) is 15.0.